The van der Waals surface area contributed by atoms with Gasteiger partial charge in [-0.15, -0.1) is 0 Å². The van der Waals surface area contributed by atoms with Gasteiger partial charge in [0.15, 0.2) is 11.6 Å². The van der Waals surface area contributed by atoms with Crippen LogP contribution in [0.15, 0.2) is 42.6 Å². The molecule has 1 N–H and O–H groups in total. The number of hydrogen-bond acceptors (Lipinski definition) is 2. The molecule has 0 aliphatic heterocycles. The van der Waals surface area contributed by atoms with Gasteiger partial charge in [-0.3, -0.25) is 4.98 Å². The van der Waals surface area contributed by atoms with Gasteiger partial charge in [0.05, 0.1) is 5.69 Å². The van der Waals surface area contributed by atoms with E-state index >= 15 is 0 Å². The van der Waals surface area contributed by atoms with Gasteiger partial charge in [0.25, 0.3) is 0 Å². The Balaban J connectivity index is 2.13. The smallest absolute Gasteiger partial charge is 0.163 e. The molecule has 1 aromatic heterocycles. The summed E-state index contributed by atoms with van der Waals surface area (Å²) in [6.45, 7) is 3.74. The summed E-state index contributed by atoms with van der Waals surface area (Å²) < 4.78 is 26.9. The normalized spacial score (nSPS) is 14.1. The minimum Gasteiger partial charge on any atom is -0.302 e. The number of nitrogens with zero attached hydrogens (tertiary/aromatic N) is 1. The Morgan fingerprint density at radius 3 is 2.47 bits per heavy atom. The van der Waals surface area contributed by atoms with Crippen LogP contribution in [-0.4, -0.2) is 4.98 Å². The highest BCUT2D eigenvalue weighted by atomic mass is 19.2. The molecule has 4 heteroatoms. The maximum absolute atomic E-state index is 13.7. The number of hydrogen-bond donors (Lipinski definition) is 1. The zero-order chi connectivity index (χ0) is 13.8. The van der Waals surface area contributed by atoms with Crippen molar-refractivity contribution in [1.29, 1.82) is 0 Å². The van der Waals surface area contributed by atoms with E-state index in [1.54, 1.807) is 19.2 Å². The molecule has 0 spiro atoms. The lowest BCUT2D eigenvalue weighted by Gasteiger charge is -2.20. The summed E-state index contributed by atoms with van der Waals surface area (Å²) in [5.74, 6) is -1.62. The highest BCUT2D eigenvalue weighted by molar-refractivity contribution is 5.22. The Bertz CT molecular complexity index is 543. The van der Waals surface area contributed by atoms with Crippen LogP contribution >= 0.6 is 0 Å². The molecule has 0 saturated carbocycles. The summed E-state index contributed by atoms with van der Waals surface area (Å²) in [6, 6.07) is 9.50. The maximum atomic E-state index is 13.7. The van der Waals surface area contributed by atoms with E-state index in [1.807, 2.05) is 25.1 Å². The topological polar surface area (TPSA) is 24.9 Å². The number of aromatic nitrogens is 1. The van der Waals surface area contributed by atoms with Gasteiger partial charge in [-0.1, -0.05) is 18.2 Å². The monoisotopic (exact) mass is 262 g/mol. The standard InChI is InChI=1S/C15H16F2N2/c1-10(12-6-5-7-13(16)15(12)17)19-11(2)14-8-3-4-9-18-14/h3-11,19H,1-2H3. The molecule has 0 saturated heterocycles. The molecule has 0 bridgehead atoms. The molecule has 2 rings (SSSR count). The zero-order valence-electron chi connectivity index (χ0n) is 10.9. The van der Waals surface area contributed by atoms with Crippen molar-refractivity contribution in [2.24, 2.45) is 0 Å². The molecule has 0 radical (unpaired) electrons. The van der Waals surface area contributed by atoms with Gasteiger partial charge in [-0.25, -0.2) is 8.78 Å². The van der Waals surface area contributed by atoms with Crippen molar-refractivity contribution in [1.82, 2.24) is 10.3 Å². The first-order chi connectivity index (χ1) is 9.09. The highest BCUT2D eigenvalue weighted by Crippen LogP contribution is 2.22. The van der Waals surface area contributed by atoms with Crippen LogP contribution in [0, 0.1) is 11.6 Å². The third-order valence-corrected chi connectivity index (χ3v) is 3.08. The maximum Gasteiger partial charge on any atom is 0.163 e. The van der Waals surface area contributed by atoms with Gasteiger partial charge < -0.3 is 5.32 Å². The number of rotatable bonds is 4. The number of halogens is 2. The van der Waals surface area contributed by atoms with E-state index in [0.717, 1.165) is 11.8 Å². The average Bonchev–Trinajstić information content (AvgIpc) is 2.42. The van der Waals surface area contributed by atoms with Crippen LogP contribution in [0.2, 0.25) is 0 Å². The Kier molecular flexibility index (Phi) is 4.22. The predicted octanol–water partition coefficient (Wildman–Crippen LogP) is 3.77. The summed E-state index contributed by atoms with van der Waals surface area (Å²) in [7, 11) is 0. The Morgan fingerprint density at radius 2 is 1.79 bits per heavy atom. The lowest BCUT2D eigenvalue weighted by molar-refractivity contribution is 0.445. The van der Waals surface area contributed by atoms with Crippen molar-refractivity contribution >= 4 is 0 Å². The van der Waals surface area contributed by atoms with E-state index in [2.05, 4.69) is 10.3 Å². The van der Waals surface area contributed by atoms with E-state index in [1.165, 1.54) is 6.07 Å². The van der Waals surface area contributed by atoms with Crippen molar-refractivity contribution in [3.63, 3.8) is 0 Å². The molecule has 1 heterocycles. The van der Waals surface area contributed by atoms with E-state index in [0.29, 0.717) is 5.56 Å². The highest BCUT2D eigenvalue weighted by Gasteiger charge is 2.16. The first-order valence-corrected chi connectivity index (χ1v) is 6.20. The summed E-state index contributed by atoms with van der Waals surface area (Å²) in [5.41, 5.74) is 1.19. The van der Waals surface area contributed by atoms with Crippen LogP contribution in [0.5, 0.6) is 0 Å². The molecule has 19 heavy (non-hydrogen) atoms. The minimum absolute atomic E-state index is 0.0427. The van der Waals surface area contributed by atoms with Crippen molar-refractivity contribution in [3.05, 3.63) is 65.5 Å². The van der Waals surface area contributed by atoms with Crippen LogP contribution in [0.1, 0.15) is 37.2 Å². The predicted molar refractivity (Wildman–Crippen MR) is 70.6 cm³/mol. The summed E-state index contributed by atoms with van der Waals surface area (Å²) >= 11 is 0. The first kappa shape index (κ1) is 13.6. The Labute approximate surface area is 111 Å². The molecular weight excluding hydrogens is 246 g/mol. The van der Waals surface area contributed by atoms with Crippen molar-refractivity contribution in [2.45, 2.75) is 25.9 Å². The largest absolute Gasteiger partial charge is 0.302 e. The number of benzene rings is 1. The quantitative estimate of drug-likeness (QED) is 0.907. The third-order valence-electron chi connectivity index (χ3n) is 3.08. The summed E-state index contributed by atoms with van der Waals surface area (Å²) in [6.07, 6.45) is 1.71. The van der Waals surface area contributed by atoms with Crippen LogP contribution in [0.4, 0.5) is 8.78 Å². The molecule has 1 aromatic carbocycles. The van der Waals surface area contributed by atoms with Crippen LogP contribution in [0.3, 0.4) is 0 Å². The second-order valence-corrected chi connectivity index (χ2v) is 4.51. The van der Waals surface area contributed by atoms with Crippen molar-refractivity contribution < 1.29 is 8.78 Å². The van der Waals surface area contributed by atoms with Gasteiger partial charge >= 0.3 is 0 Å². The second-order valence-electron chi connectivity index (χ2n) is 4.51. The molecule has 0 amide bonds. The lowest BCUT2D eigenvalue weighted by atomic mass is 10.1. The Hall–Kier alpha value is -1.81. The fraction of sp³-hybridized carbons (Fsp3) is 0.267. The molecule has 2 nitrogen and oxygen atoms in total. The molecule has 0 aliphatic carbocycles. The Morgan fingerprint density at radius 1 is 1.00 bits per heavy atom. The molecule has 2 aromatic rings. The molecule has 0 fully saturated rings. The summed E-state index contributed by atoms with van der Waals surface area (Å²) in [5, 5.41) is 3.21. The van der Waals surface area contributed by atoms with Gasteiger partial charge in [0, 0.05) is 23.8 Å². The summed E-state index contributed by atoms with van der Waals surface area (Å²) in [4.78, 5) is 4.24. The molecule has 2 atom stereocenters. The second kappa shape index (κ2) is 5.89. The number of pyridine rings is 1. The SMILES string of the molecule is CC(NC(C)c1cccc(F)c1F)c1ccccn1. The van der Waals surface area contributed by atoms with Crippen molar-refractivity contribution in [3.8, 4) is 0 Å². The molecule has 2 unspecified atom stereocenters. The first-order valence-electron chi connectivity index (χ1n) is 6.20. The fourth-order valence-corrected chi connectivity index (χ4v) is 2.04. The van der Waals surface area contributed by atoms with Gasteiger partial charge in [0.1, 0.15) is 0 Å². The minimum atomic E-state index is -0.823. The number of nitrogens with one attached hydrogen (secondary N) is 1. The lowest BCUT2D eigenvalue weighted by Crippen LogP contribution is -2.24. The van der Waals surface area contributed by atoms with E-state index in [9.17, 15) is 8.78 Å². The zero-order valence-corrected chi connectivity index (χ0v) is 10.9. The van der Waals surface area contributed by atoms with Crippen LogP contribution in [0.25, 0.3) is 0 Å². The fourth-order valence-electron chi connectivity index (χ4n) is 2.04. The van der Waals surface area contributed by atoms with Crippen LogP contribution < -0.4 is 5.32 Å². The van der Waals surface area contributed by atoms with E-state index in [4.69, 9.17) is 0 Å². The third kappa shape index (κ3) is 3.15. The van der Waals surface area contributed by atoms with Gasteiger partial charge in [0.2, 0.25) is 0 Å². The van der Waals surface area contributed by atoms with E-state index < -0.39 is 11.6 Å². The van der Waals surface area contributed by atoms with Gasteiger partial charge in [-0.05, 0) is 32.0 Å². The molecular formula is C15H16F2N2. The average molecular weight is 262 g/mol. The van der Waals surface area contributed by atoms with Crippen molar-refractivity contribution in [2.75, 3.05) is 0 Å². The molecule has 100 valence electrons. The van der Waals surface area contributed by atoms with E-state index in [-0.39, 0.29) is 12.1 Å². The van der Waals surface area contributed by atoms with Gasteiger partial charge in [-0.2, -0.15) is 0 Å². The van der Waals surface area contributed by atoms with Crippen LogP contribution in [-0.2, 0) is 0 Å². The molecule has 0 aliphatic rings.